The molecule has 8 heteroatoms. The van der Waals surface area contributed by atoms with Crippen molar-refractivity contribution in [3.05, 3.63) is 17.9 Å². The monoisotopic (exact) mass is 264 g/mol. The number of nitrogens with zero attached hydrogens (tertiary/aromatic N) is 5. The van der Waals surface area contributed by atoms with Crippen molar-refractivity contribution in [1.29, 1.82) is 0 Å². The van der Waals surface area contributed by atoms with E-state index >= 15 is 0 Å². The predicted octanol–water partition coefficient (Wildman–Crippen LogP) is 0.384. The van der Waals surface area contributed by atoms with Crippen molar-refractivity contribution >= 4 is 5.95 Å². The van der Waals surface area contributed by atoms with Crippen molar-refractivity contribution in [3.8, 4) is 11.6 Å². The SMILES string of the molecule is Cc1nnc(-c2nc(N3CCNCC3)ncc2F)o1. The molecule has 2 aromatic heterocycles. The molecule has 1 aliphatic rings. The van der Waals surface area contributed by atoms with Crippen LogP contribution in [0, 0.1) is 12.7 Å². The first-order chi connectivity index (χ1) is 9.24. The Bertz CT molecular complexity index is 580. The van der Waals surface area contributed by atoms with Crippen molar-refractivity contribution in [3.63, 3.8) is 0 Å². The highest BCUT2D eigenvalue weighted by molar-refractivity contribution is 5.50. The van der Waals surface area contributed by atoms with Crippen LogP contribution in [0.1, 0.15) is 5.89 Å². The highest BCUT2D eigenvalue weighted by atomic mass is 19.1. The zero-order valence-electron chi connectivity index (χ0n) is 10.4. The van der Waals surface area contributed by atoms with Crippen LogP contribution in [0.15, 0.2) is 10.6 Å². The van der Waals surface area contributed by atoms with Crippen LogP contribution < -0.4 is 10.2 Å². The largest absolute Gasteiger partial charge is 0.420 e. The Morgan fingerprint density at radius 3 is 2.79 bits per heavy atom. The van der Waals surface area contributed by atoms with Gasteiger partial charge in [0.15, 0.2) is 11.5 Å². The molecular formula is C11H13FN6O. The molecule has 19 heavy (non-hydrogen) atoms. The molecule has 0 aliphatic carbocycles. The third-order valence-corrected chi connectivity index (χ3v) is 2.86. The number of aromatic nitrogens is 4. The molecule has 7 nitrogen and oxygen atoms in total. The van der Waals surface area contributed by atoms with Crippen molar-refractivity contribution < 1.29 is 8.81 Å². The fourth-order valence-electron chi connectivity index (χ4n) is 1.92. The van der Waals surface area contributed by atoms with Gasteiger partial charge in [0, 0.05) is 33.1 Å². The lowest BCUT2D eigenvalue weighted by atomic mass is 10.3. The summed E-state index contributed by atoms with van der Waals surface area (Å²) in [6.07, 6.45) is 1.14. The molecule has 1 N–H and O–H groups in total. The van der Waals surface area contributed by atoms with Gasteiger partial charge in [-0.25, -0.2) is 14.4 Å². The van der Waals surface area contributed by atoms with E-state index in [1.807, 2.05) is 4.90 Å². The summed E-state index contributed by atoms with van der Waals surface area (Å²) in [7, 11) is 0. The van der Waals surface area contributed by atoms with Crippen LogP contribution in [-0.2, 0) is 0 Å². The minimum absolute atomic E-state index is 0.0455. The Morgan fingerprint density at radius 2 is 2.11 bits per heavy atom. The number of rotatable bonds is 2. The van der Waals surface area contributed by atoms with Gasteiger partial charge >= 0.3 is 0 Å². The van der Waals surface area contributed by atoms with Crippen molar-refractivity contribution in [1.82, 2.24) is 25.5 Å². The molecule has 100 valence electrons. The molecule has 0 unspecified atom stereocenters. The molecule has 0 bridgehead atoms. The Kier molecular flexibility index (Phi) is 3.08. The van der Waals surface area contributed by atoms with E-state index in [4.69, 9.17) is 4.42 Å². The topological polar surface area (TPSA) is 80.0 Å². The highest BCUT2D eigenvalue weighted by Gasteiger charge is 2.19. The highest BCUT2D eigenvalue weighted by Crippen LogP contribution is 2.21. The Morgan fingerprint density at radius 1 is 1.32 bits per heavy atom. The molecule has 0 saturated carbocycles. The Balaban J connectivity index is 1.95. The summed E-state index contributed by atoms with van der Waals surface area (Å²) in [4.78, 5) is 10.2. The van der Waals surface area contributed by atoms with Crippen LogP contribution in [0.4, 0.5) is 10.3 Å². The van der Waals surface area contributed by atoms with E-state index in [1.54, 1.807) is 6.92 Å². The van der Waals surface area contributed by atoms with Crippen LogP contribution in [0.5, 0.6) is 0 Å². The predicted molar refractivity (Wildman–Crippen MR) is 65.1 cm³/mol. The Labute approximate surface area is 108 Å². The zero-order valence-corrected chi connectivity index (χ0v) is 10.4. The normalized spacial score (nSPS) is 15.8. The number of hydrogen-bond donors (Lipinski definition) is 1. The average Bonchev–Trinajstić information content (AvgIpc) is 2.87. The minimum atomic E-state index is -0.567. The summed E-state index contributed by atoms with van der Waals surface area (Å²) in [5, 5.41) is 10.7. The van der Waals surface area contributed by atoms with Gasteiger partial charge in [-0.15, -0.1) is 10.2 Å². The first-order valence-corrected chi connectivity index (χ1v) is 6.03. The second-order valence-electron chi connectivity index (χ2n) is 4.23. The summed E-state index contributed by atoms with van der Waals surface area (Å²) >= 11 is 0. The Hall–Kier alpha value is -2.09. The quantitative estimate of drug-likeness (QED) is 0.840. The van der Waals surface area contributed by atoms with Crippen molar-refractivity contribution in [2.24, 2.45) is 0 Å². The molecule has 1 saturated heterocycles. The van der Waals surface area contributed by atoms with Crippen LogP contribution in [0.2, 0.25) is 0 Å². The summed E-state index contributed by atoms with van der Waals surface area (Å²) in [6.45, 7) is 4.93. The summed E-state index contributed by atoms with van der Waals surface area (Å²) < 4.78 is 19.0. The van der Waals surface area contributed by atoms with E-state index in [1.165, 1.54) is 0 Å². The zero-order chi connectivity index (χ0) is 13.2. The van der Waals surface area contributed by atoms with Crippen LogP contribution in [-0.4, -0.2) is 46.3 Å². The van der Waals surface area contributed by atoms with Gasteiger partial charge < -0.3 is 14.6 Å². The molecule has 0 radical (unpaired) electrons. The first-order valence-electron chi connectivity index (χ1n) is 6.03. The van der Waals surface area contributed by atoms with E-state index in [-0.39, 0.29) is 11.6 Å². The molecule has 2 aromatic rings. The van der Waals surface area contributed by atoms with Gasteiger partial charge in [-0.2, -0.15) is 0 Å². The molecule has 0 amide bonds. The van der Waals surface area contributed by atoms with E-state index in [0.717, 1.165) is 32.4 Å². The van der Waals surface area contributed by atoms with Gasteiger partial charge in [-0.3, -0.25) is 0 Å². The van der Waals surface area contributed by atoms with Gasteiger partial charge in [0.05, 0.1) is 6.20 Å². The van der Waals surface area contributed by atoms with E-state index < -0.39 is 5.82 Å². The smallest absolute Gasteiger partial charge is 0.269 e. The number of halogens is 1. The molecule has 0 aromatic carbocycles. The van der Waals surface area contributed by atoms with E-state index in [2.05, 4.69) is 25.5 Å². The standard InChI is InChI=1S/C11H13FN6O/c1-7-16-17-10(19-7)9-8(12)6-14-11(15-9)18-4-2-13-3-5-18/h6,13H,2-5H2,1H3. The summed E-state index contributed by atoms with van der Waals surface area (Å²) in [5.41, 5.74) is 0.0455. The fourth-order valence-corrected chi connectivity index (χ4v) is 1.92. The summed E-state index contributed by atoms with van der Waals surface area (Å²) in [5.74, 6) is 0.363. The van der Waals surface area contributed by atoms with Gasteiger partial charge in [-0.05, 0) is 0 Å². The molecule has 3 rings (SSSR count). The van der Waals surface area contributed by atoms with Gasteiger partial charge in [0.25, 0.3) is 5.89 Å². The molecule has 1 aliphatic heterocycles. The van der Waals surface area contributed by atoms with Gasteiger partial charge in [-0.1, -0.05) is 0 Å². The van der Waals surface area contributed by atoms with E-state index in [0.29, 0.717) is 11.8 Å². The lowest BCUT2D eigenvalue weighted by molar-refractivity contribution is 0.521. The molecule has 3 heterocycles. The second-order valence-corrected chi connectivity index (χ2v) is 4.23. The van der Waals surface area contributed by atoms with Crippen LogP contribution >= 0.6 is 0 Å². The third kappa shape index (κ3) is 2.39. The van der Waals surface area contributed by atoms with Gasteiger partial charge in [0.2, 0.25) is 11.8 Å². The number of hydrogen-bond acceptors (Lipinski definition) is 7. The van der Waals surface area contributed by atoms with Crippen LogP contribution in [0.3, 0.4) is 0 Å². The lowest BCUT2D eigenvalue weighted by Gasteiger charge is -2.27. The maximum absolute atomic E-state index is 13.7. The second kappa shape index (κ2) is 4.88. The number of nitrogens with one attached hydrogen (secondary N) is 1. The molecule has 1 fully saturated rings. The van der Waals surface area contributed by atoms with Crippen molar-refractivity contribution in [2.45, 2.75) is 6.92 Å². The van der Waals surface area contributed by atoms with Crippen molar-refractivity contribution in [2.75, 3.05) is 31.1 Å². The van der Waals surface area contributed by atoms with E-state index in [9.17, 15) is 4.39 Å². The lowest BCUT2D eigenvalue weighted by Crippen LogP contribution is -2.44. The van der Waals surface area contributed by atoms with Gasteiger partial charge in [0.1, 0.15) is 0 Å². The molecule has 0 atom stereocenters. The summed E-state index contributed by atoms with van der Waals surface area (Å²) in [6, 6.07) is 0. The average molecular weight is 264 g/mol. The minimum Gasteiger partial charge on any atom is -0.420 e. The third-order valence-electron chi connectivity index (χ3n) is 2.86. The molecule has 0 spiro atoms. The number of anilines is 1. The maximum Gasteiger partial charge on any atom is 0.269 e. The number of piperazine rings is 1. The van der Waals surface area contributed by atoms with Crippen LogP contribution in [0.25, 0.3) is 11.6 Å². The molecular weight excluding hydrogens is 251 g/mol. The first kappa shape index (κ1) is 12.0. The fraction of sp³-hybridized carbons (Fsp3) is 0.455. The number of aryl methyl sites for hydroxylation is 1. The maximum atomic E-state index is 13.7.